The van der Waals surface area contributed by atoms with E-state index < -0.39 is 0 Å². The SMILES string of the molecule is Cc1noc([C@]23C[C@H](NC(=O)C4CCCCC4)C[C@H]2CN(Cc2ccccc2)C3)n1. The predicted octanol–water partition coefficient (Wildman–Crippen LogP) is 3.61. The maximum Gasteiger partial charge on any atom is 0.234 e. The van der Waals surface area contributed by atoms with Crippen LogP contribution in [0.25, 0.3) is 0 Å². The number of hydrogen-bond donors (Lipinski definition) is 1. The van der Waals surface area contributed by atoms with Crippen molar-refractivity contribution >= 4 is 5.91 Å². The number of nitrogens with one attached hydrogen (secondary N) is 1. The maximum atomic E-state index is 12.9. The first kappa shape index (κ1) is 19.7. The third-order valence-electron chi connectivity index (χ3n) is 7.47. The van der Waals surface area contributed by atoms with Crippen molar-refractivity contribution in [2.45, 2.75) is 69.9 Å². The van der Waals surface area contributed by atoms with Crippen LogP contribution in [0.3, 0.4) is 0 Å². The lowest BCUT2D eigenvalue weighted by atomic mass is 9.80. The highest BCUT2D eigenvalue weighted by atomic mass is 16.5. The van der Waals surface area contributed by atoms with Gasteiger partial charge in [-0.2, -0.15) is 4.98 Å². The molecule has 3 atom stereocenters. The van der Waals surface area contributed by atoms with Crippen LogP contribution >= 0.6 is 0 Å². The smallest absolute Gasteiger partial charge is 0.234 e. The minimum atomic E-state index is -0.152. The van der Waals surface area contributed by atoms with Crippen molar-refractivity contribution in [2.75, 3.05) is 13.1 Å². The largest absolute Gasteiger partial charge is 0.353 e. The van der Waals surface area contributed by atoms with Gasteiger partial charge in [-0.25, -0.2) is 0 Å². The number of aromatic nitrogens is 2. The number of aryl methyl sites for hydroxylation is 1. The zero-order valence-electron chi connectivity index (χ0n) is 17.8. The Balaban J connectivity index is 1.31. The summed E-state index contributed by atoms with van der Waals surface area (Å²) in [6.45, 7) is 4.73. The topological polar surface area (TPSA) is 71.3 Å². The van der Waals surface area contributed by atoms with Crippen LogP contribution in [0.4, 0.5) is 0 Å². The third-order valence-corrected chi connectivity index (χ3v) is 7.47. The van der Waals surface area contributed by atoms with Crippen LogP contribution in [0.5, 0.6) is 0 Å². The molecule has 0 unspecified atom stereocenters. The zero-order valence-corrected chi connectivity index (χ0v) is 17.8. The lowest BCUT2D eigenvalue weighted by Crippen LogP contribution is -2.41. The van der Waals surface area contributed by atoms with E-state index in [1.54, 1.807) is 0 Å². The first-order valence-electron chi connectivity index (χ1n) is 11.5. The number of fused-ring (bicyclic) bond motifs is 1. The minimum Gasteiger partial charge on any atom is -0.353 e. The van der Waals surface area contributed by atoms with E-state index in [1.165, 1.54) is 24.8 Å². The van der Waals surface area contributed by atoms with E-state index in [0.717, 1.165) is 51.2 Å². The molecule has 1 N–H and O–H groups in total. The minimum absolute atomic E-state index is 0.152. The lowest BCUT2D eigenvalue weighted by Gasteiger charge is -2.27. The van der Waals surface area contributed by atoms with Crippen LogP contribution in [-0.4, -0.2) is 40.1 Å². The molecular formula is C24H32N4O2. The van der Waals surface area contributed by atoms with Crippen molar-refractivity contribution in [3.63, 3.8) is 0 Å². The van der Waals surface area contributed by atoms with E-state index in [-0.39, 0.29) is 23.3 Å². The van der Waals surface area contributed by atoms with E-state index >= 15 is 0 Å². The van der Waals surface area contributed by atoms with Gasteiger partial charge in [-0.05, 0) is 44.1 Å². The van der Waals surface area contributed by atoms with Crippen molar-refractivity contribution < 1.29 is 9.32 Å². The van der Waals surface area contributed by atoms with Gasteiger partial charge >= 0.3 is 0 Å². The van der Waals surface area contributed by atoms with Gasteiger partial charge in [0.2, 0.25) is 11.8 Å². The molecule has 3 aliphatic rings. The number of benzene rings is 1. The molecular weight excluding hydrogens is 376 g/mol. The molecule has 2 heterocycles. The fourth-order valence-corrected chi connectivity index (χ4v) is 6.06. The van der Waals surface area contributed by atoms with Crippen molar-refractivity contribution in [1.29, 1.82) is 0 Å². The first-order valence-corrected chi connectivity index (χ1v) is 11.5. The first-order chi connectivity index (χ1) is 14.6. The van der Waals surface area contributed by atoms with Crippen molar-refractivity contribution in [3.05, 3.63) is 47.6 Å². The summed E-state index contributed by atoms with van der Waals surface area (Å²) in [5.74, 6) is 2.34. The normalized spacial score (nSPS) is 29.8. The molecule has 1 aromatic heterocycles. The molecule has 6 heteroatoms. The quantitative estimate of drug-likeness (QED) is 0.818. The number of carbonyl (C=O) groups is 1. The fourth-order valence-electron chi connectivity index (χ4n) is 6.06. The van der Waals surface area contributed by atoms with Gasteiger partial charge in [0.05, 0.1) is 5.41 Å². The standard InChI is InChI=1S/C24H32N4O2/c1-17-25-23(30-27-17)24-13-21(26-22(29)19-10-6-3-7-11-19)12-20(24)15-28(16-24)14-18-8-4-2-5-9-18/h2,4-5,8-9,19-21H,3,6-7,10-16H2,1H3,(H,26,29)/t20-,21+,24-/m0/s1. The van der Waals surface area contributed by atoms with Gasteiger partial charge < -0.3 is 9.84 Å². The van der Waals surface area contributed by atoms with E-state index in [4.69, 9.17) is 4.52 Å². The molecule has 1 amide bonds. The Kier molecular flexibility index (Phi) is 5.35. The summed E-state index contributed by atoms with van der Waals surface area (Å²) in [5.41, 5.74) is 1.18. The van der Waals surface area contributed by atoms with Crippen molar-refractivity contribution in [1.82, 2.24) is 20.4 Å². The van der Waals surface area contributed by atoms with Gasteiger partial charge in [0.25, 0.3) is 0 Å². The Hall–Kier alpha value is -2.21. The van der Waals surface area contributed by atoms with Crippen LogP contribution in [0, 0.1) is 18.8 Å². The molecule has 0 bridgehead atoms. The zero-order chi connectivity index (χ0) is 20.6. The summed E-state index contributed by atoms with van der Waals surface area (Å²) in [4.78, 5) is 20.0. The molecule has 1 saturated heterocycles. The van der Waals surface area contributed by atoms with Gasteiger partial charge in [-0.3, -0.25) is 9.69 Å². The van der Waals surface area contributed by atoms with Crippen LogP contribution in [0.15, 0.2) is 34.9 Å². The second kappa shape index (κ2) is 8.14. The Labute approximate surface area is 178 Å². The number of amides is 1. The summed E-state index contributed by atoms with van der Waals surface area (Å²) in [7, 11) is 0. The summed E-state index contributed by atoms with van der Waals surface area (Å²) >= 11 is 0. The third kappa shape index (κ3) is 3.78. The van der Waals surface area contributed by atoms with Gasteiger partial charge in [0.1, 0.15) is 0 Å². The summed E-state index contributed by atoms with van der Waals surface area (Å²) in [6, 6.07) is 10.8. The second-order valence-corrected chi connectivity index (χ2v) is 9.64. The number of likely N-dealkylation sites (tertiary alicyclic amines) is 1. The molecule has 5 rings (SSSR count). The number of hydrogen-bond acceptors (Lipinski definition) is 5. The Morgan fingerprint density at radius 2 is 2.03 bits per heavy atom. The highest BCUT2D eigenvalue weighted by Crippen LogP contribution is 2.50. The average Bonchev–Trinajstić information content (AvgIpc) is 3.42. The highest BCUT2D eigenvalue weighted by Gasteiger charge is 2.57. The van der Waals surface area contributed by atoms with Gasteiger partial charge in [0, 0.05) is 31.6 Å². The number of carbonyl (C=O) groups excluding carboxylic acids is 1. The Bertz CT molecular complexity index is 876. The van der Waals surface area contributed by atoms with Gasteiger partial charge in [0.15, 0.2) is 5.82 Å². The van der Waals surface area contributed by atoms with Gasteiger partial charge in [-0.15, -0.1) is 0 Å². The summed E-state index contributed by atoms with van der Waals surface area (Å²) in [5, 5.41) is 7.49. The Morgan fingerprint density at radius 1 is 1.23 bits per heavy atom. The molecule has 30 heavy (non-hydrogen) atoms. The van der Waals surface area contributed by atoms with E-state index in [2.05, 4.69) is 50.7 Å². The molecule has 6 nitrogen and oxygen atoms in total. The Morgan fingerprint density at radius 3 is 2.77 bits per heavy atom. The number of rotatable bonds is 5. The van der Waals surface area contributed by atoms with Crippen molar-refractivity contribution in [3.8, 4) is 0 Å². The van der Waals surface area contributed by atoms with Crippen LogP contribution in [-0.2, 0) is 16.8 Å². The number of nitrogens with zero attached hydrogens (tertiary/aromatic N) is 3. The summed E-state index contributed by atoms with van der Waals surface area (Å²) < 4.78 is 5.72. The van der Waals surface area contributed by atoms with E-state index in [1.807, 2.05) is 6.92 Å². The van der Waals surface area contributed by atoms with Crippen LogP contribution < -0.4 is 5.32 Å². The van der Waals surface area contributed by atoms with Crippen LogP contribution in [0.1, 0.15) is 62.2 Å². The molecule has 2 aromatic rings. The summed E-state index contributed by atoms with van der Waals surface area (Å²) in [6.07, 6.45) is 7.61. The monoisotopic (exact) mass is 408 g/mol. The van der Waals surface area contributed by atoms with Crippen molar-refractivity contribution in [2.24, 2.45) is 11.8 Å². The van der Waals surface area contributed by atoms with E-state index in [0.29, 0.717) is 11.7 Å². The molecule has 1 aliphatic heterocycles. The molecule has 3 fully saturated rings. The van der Waals surface area contributed by atoms with Crippen LogP contribution in [0.2, 0.25) is 0 Å². The highest BCUT2D eigenvalue weighted by molar-refractivity contribution is 5.79. The molecule has 2 aliphatic carbocycles. The maximum absolute atomic E-state index is 12.9. The molecule has 1 aromatic carbocycles. The molecule has 0 radical (unpaired) electrons. The average molecular weight is 409 g/mol. The molecule has 160 valence electrons. The predicted molar refractivity (Wildman–Crippen MR) is 114 cm³/mol. The second-order valence-electron chi connectivity index (χ2n) is 9.64. The fraction of sp³-hybridized carbons (Fsp3) is 0.625. The van der Waals surface area contributed by atoms with Gasteiger partial charge in [-0.1, -0.05) is 54.8 Å². The van der Waals surface area contributed by atoms with E-state index in [9.17, 15) is 4.79 Å². The molecule has 0 spiro atoms. The lowest BCUT2D eigenvalue weighted by molar-refractivity contribution is -0.126. The molecule has 2 saturated carbocycles.